The van der Waals surface area contributed by atoms with E-state index in [2.05, 4.69) is 30.9 Å². The Hall–Kier alpha value is -1.06. The second-order valence-corrected chi connectivity index (χ2v) is 6.81. The van der Waals surface area contributed by atoms with E-state index in [9.17, 15) is 0 Å². The Balaban J connectivity index is 1.87. The van der Waals surface area contributed by atoms with Crippen molar-refractivity contribution >= 4 is 0 Å². The van der Waals surface area contributed by atoms with Crippen LogP contribution < -0.4 is 10.5 Å². The summed E-state index contributed by atoms with van der Waals surface area (Å²) >= 11 is 0. The molecule has 20 heavy (non-hydrogen) atoms. The minimum Gasteiger partial charge on any atom is -0.497 e. The van der Waals surface area contributed by atoms with Crippen molar-refractivity contribution in [2.24, 2.45) is 5.73 Å². The highest BCUT2D eigenvalue weighted by Gasteiger charge is 2.41. The van der Waals surface area contributed by atoms with E-state index in [-0.39, 0.29) is 6.04 Å². The van der Waals surface area contributed by atoms with Crippen molar-refractivity contribution in [2.45, 2.75) is 57.2 Å². The van der Waals surface area contributed by atoms with Gasteiger partial charge in [0, 0.05) is 17.6 Å². The number of methoxy groups -OCH3 is 1. The number of nitrogens with zero attached hydrogens (tertiary/aromatic N) is 1. The predicted molar refractivity (Wildman–Crippen MR) is 82.1 cm³/mol. The number of fused-ring (bicyclic) bond motifs is 1. The molecule has 1 fully saturated rings. The number of aryl methyl sites for hydroxylation is 1. The van der Waals surface area contributed by atoms with E-state index in [0.29, 0.717) is 11.6 Å². The first-order chi connectivity index (χ1) is 9.53. The van der Waals surface area contributed by atoms with Crippen LogP contribution in [0.3, 0.4) is 0 Å². The van der Waals surface area contributed by atoms with Gasteiger partial charge in [-0.15, -0.1) is 0 Å². The second-order valence-electron chi connectivity index (χ2n) is 6.81. The monoisotopic (exact) mass is 274 g/mol. The number of ether oxygens (including phenoxy) is 1. The topological polar surface area (TPSA) is 38.5 Å². The molecule has 0 amide bonds. The quantitative estimate of drug-likeness (QED) is 0.901. The van der Waals surface area contributed by atoms with Crippen LogP contribution in [0.15, 0.2) is 18.2 Å². The SMILES string of the molecule is COc1ccc2c(c1)CCC(N1CCCC1(C)C)C2N. The number of rotatable bonds is 2. The van der Waals surface area contributed by atoms with Crippen molar-refractivity contribution in [3.63, 3.8) is 0 Å². The van der Waals surface area contributed by atoms with Gasteiger partial charge >= 0.3 is 0 Å². The maximum atomic E-state index is 6.60. The highest BCUT2D eigenvalue weighted by Crippen LogP contribution is 2.39. The summed E-state index contributed by atoms with van der Waals surface area (Å²) in [6.07, 6.45) is 4.85. The number of likely N-dealkylation sites (tertiary alicyclic amines) is 1. The molecule has 3 rings (SSSR count). The highest BCUT2D eigenvalue weighted by molar-refractivity contribution is 5.40. The lowest BCUT2D eigenvalue weighted by molar-refractivity contribution is 0.0876. The molecule has 1 heterocycles. The fourth-order valence-electron chi connectivity index (χ4n) is 4.03. The Morgan fingerprint density at radius 3 is 2.80 bits per heavy atom. The molecule has 2 unspecified atom stereocenters. The molecule has 1 aromatic carbocycles. The smallest absolute Gasteiger partial charge is 0.119 e. The Bertz CT molecular complexity index is 498. The summed E-state index contributed by atoms with van der Waals surface area (Å²) in [5.41, 5.74) is 9.57. The van der Waals surface area contributed by atoms with E-state index in [4.69, 9.17) is 10.5 Å². The van der Waals surface area contributed by atoms with Gasteiger partial charge in [0.05, 0.1) is 7.11 Å². The second kappa shape index (κ2) is 5.05. The molecule has 0 radical (unpaired) electrons. The zero-order valence-corrected chi connectivity index (χ0v) is 12.9. The average Bonchev–Trinajstić information content (AvgIpc) is 2.78. The number of hydrogen-bond acceptors (Lipinski definition) is 3. The average molecular weight is 274 g/mol. The summed E-state index contributed by atoms with van der Waals surface area (Å²) in [6.45, 7) is 5.91. The van der Waals surface area contributed by atoms with Crippen molar-refractivity contribution in [3.05, 3.63) is 29.3 Å². The molecule has 2 N–H and O–H groups in total. The maximum absolute atomic E-state index is 6.60. The Morgan fingerprint density at radius 2 is 2.15 bits per heavy atom. The molecule has 2 aliphatic rings. The standard InChI is InChI=1S/C17H26N2O/c1-17(2)9-4-10-19(17)15-8-5-12-11-13(20-3)6-7-14(12)16(15)18/h6-7,11,15-16H,4-5,8-10,18H2,1-3H3. The molecule has 1 aliphatic carbocycles. The Morgan fingerprint density at radius 1 is 1.35 bits per heavy atom. The first kappa shape index (κ1) is 13.9. The zero-order chi connectivity index (χ0) is 14.3. The van der Waals surface area contributed by atoms with Gasteiger partial charge in [0.25, 0.3) is 0 Å². The predicted octanol–water partition coefficient (Wildman–Crippen LogP) is 2.88. The van der Waals surface area contributed by atoms with Crippen LogP contribution in [0.4, 0.5) is 0 Å². The van der Waals surface area contributed by atoms with E-state index in [0.717, 1.165) is 18.6 Å². The van der Waals surface area contributed by atoms with Crippen molar-refractivity contribution in [2.75, 3.05) is 13.7 Å². The molecule has 1 aromatic rings. The molecular weight excluding hydrogens is 248 g/mol. The molecule has 2 atom stereocenters. The van der Waals surface area contributed by atoms with Gasteiger partial charge in [-0.05, 0) is 69.3 Å². The zero-order valence-electron chi connectivity index (χ0n) is 12.9. The van der Waals surface area contributed by atoms with Gasteiger partial charge in [-0.2, -0.15) is 0 Å². The number of nitrogens with two attached hydrogens (primary N) is 1. The van der Waals surface area contributed by atoms with Crippen molar-refractivity contribution in [3.8, 4) is 5.75 Å². The van der Waals surface area contributed by atoms with E-state index in [1.807, 2.05) is 6.07 Å². The van der Waals surface area contributed by atoms with Crippen molar-refractivity contribution in [1.29, 1.82) is 0 Å². The van der Waals surface area contributed by atoms with E-state index in [1.165, 1.54) is 30.5 Å². The Labute approximate surface area is 122 Å². The number of benzene rings is 1. The van der Waals surface area contributed by atoms with Crippen LogP contribution >= 0.6 is 0 Å². The lowest BCUT2D eigenvalue weighted by Crippen LogP contribution is -2.51. The van der Waals surface area contributed by atoms with Crippen LogP contribution in [0.1, 0.15) is 50.3 Å². The molecule has 0 aromatic heterocycles. The third-order valence-electron chi connectivity index (χ3n) is 5.20. The van der Waals surface area contributed by atoms with Crippen LogP contribution in [-0.2, 0) is 6.42 Å². The van der Waals surface area contributed by atoms with Crippen LogP contribution in [0.25, 0.3) is 0 Å². The van der Waals surface area contributed by atoms with E-state index < -0.39 is 0 Å². The maximum Gasteiger partial charge on any atom is 0.119 e. The van der Waals surface area contributed by atoms with Crippen LogP contribution in [0.5, 0.6) is 5.75 Å². The third-order valence-corrected chi connectivity index (χ3v) is 5.20. The molecule has 110 valence electrons. The first-order valence-electron chi connectivity index (χ1n) is 7.72. The van der Waals surface area contributed by atoms with Crippen LogP contribution in [-0.4, -0.2) is 30.1 Å². The summed E-state index contributed by atoms with van der Waals surface area (Å²) in [5.74, 6) is 0.941. The molecule has 1 aliphatic heterocycles. The summed E-state index contributed by atoms with van der Waals surface area (Å²) in [7, 11) is 1.72. The number of hydrogen-bond donors (Lipinski definition) is 1. The third kappa shape index (κ3) is 2.23. The molecular formula is C17H26N2O. The summed E-state index contributed by atoms with van der Waals surface area (Å²) < 4.78 is 5.32. The minimum absolute atomic E-state index is 0.127. The lowest BCUT2D eigenvalue weighted by atomic mass is 9.82. The minimum atomic E-state index is 0.127. The summed E-state index contributed by atoms with van der Waals surface area (Å²) in [4.78, 5) is 2.64. The normalized spacial score (nSPS) is 29.2. The Kier molecular flexibility index (Phi) is 3.51. The van der Waals surface area contributed by atoms with Gasteiger partial charge in [-0.1, -0.05) is 6.07 Å². The van der Waals surface area contributed by atoms with E-state index in [1.54, 1.807) is 7.11 Å². The molecule has 0 bridgehead atoms. The van der Waals surface area contributed by atoms with Gasteiger partial charge < -0.3 is 10.5 Å². The van der Waals surface area contributed by atoms with Gasteiger partial charge in [0.15, 0.2) is 0 Å². The van der Waals surface area contributed by atoms with Gasteiger partial charge in [0.2, 0.25) is 0 Å². The van der Waals surface area contributed by atoms with Crippen LogP contribution in [0.2, 0.25) is 0 Å². The first-order valence-corrected chi connectivity index (χ1v) is 7.72. The summed E-state index contributed by atoms with van der Waals surface area (Å²) in [5, 5.41) is 0. The van der Waals surface area contributed by atoms with Gasteiger partial charge in [-0.3, -0.25) is 4.90 Å². The van der Waals surface area contributed by atoms with Gasteiger partial charge in [0.1, 0.15) is 5.75 Å². The largest absolute Gasteiger partial charge is 0.497 e. The molecule has 3 heteroatoms. The molecule has 3 nitrogen and oxygen atoms in total. The van der Waals surface area contributed by atoms with Crippen molar-refractivity contribution in [1.82, 2.24) is 4.90 Å². The van der Waals surface area contributed by atoms with Crippen molar-refractivity contribution < 1.29 is 4.74 Å². The molecule has 0 spiro atoms. The fraction of sp³-hybridized carbons (Fsp3) is 0.647. The molecule has 1 saturated heterocycles. The van der Waals surface area contributed by atoms with Gasteiger partial charge in [-0.25, -0.2) is 0 Å². The van der Waals surface area contributed by atoms with E-state index >= 15 is 0 Å². The highest BCUT2D eigenvalue weighted by atomic mass is 16.5. The lowest BCUT2D eigenvalue weighted by Gasteiger charge is -2.44. The molecule has 0 saturated carbocycles. The van der Waals surface area contributed by atoms with Crippen LogP contribution in [0, 0.1) is 0 Å². The fourth-order valence-corrected chi connectivity index (χ4v) is 4.03. The summed E-state index contributed by atoms with van der Waals surface area (Å²) in [6, 6.07) is 6.96.